The fraction of sp³-hybridized carbons (Fsp3) is 0. The second-order valence-corrected chi connectivity index (χ2v) is 12.5. The summed E-state index contributed by atoms with van der Waals surface area (Å²) in [6, 6.07) is 6.50. The lowest BCUT2D eigenvalue weighted by Gasteiger charge is -2.11. The highest BCUT2D eigenvalue weighted by Gasteiger charge is 2.36. The van der Waals surface area contributed by atoms with E-state index in [-0.39, 0.29) is 0 Å². The van der Waals surface area contributed by atoms with E-state index in [0.717, 1.165) is 48.5 Å². The Morgan fingerprint density at radius 1 is 0.347 bits per heavy atom. The molecule has 0 amide bonds. The number of aliphatic imine (C=N–C) groups is 4. The Kier molecular flexibility index (Phi) is 5.43. The predicted molar refractivity (Wildman–Crippen MR) is 161 cm³/mol. The minimum Gasteiger partial charge on any atom is -0.389 e. The Balaban J connectivity index is 1.52. The van der Waals surface area contributed by atoms with Gasteiger partial charge in [0.15, 0.2) is 23.3 Å². The molecule has 0 unspecified atom stereocenters. The number of nitrogens with zero attached hydrogens (tertiary/aromatic N) is 8. The Bertz CT molecular complexity index is 2710. The van der Waals surface area contributed by atoms with Crippen molar-refractivity contribution in [3.8, 4) is 0 Å². The second-order valence-electron chi connectivity index (χ2n) is 11.2. The molecular formula is C32H8AlF8N8. The topological polar surface area (TPSA) is 84.0 Å². The molecule has 235 valence electrons. The SMILES string of the molecule is Fc1ccc(F)c2c1C1=NC2=Nc2c3c(F)ccc(F)c3c3[n]2[Al][n]2c(c4c(F)ccc(F)c4c2=NC2=NC(=N3)c3c(F)ccc(F)c32)=N1. The molecular weight excluding hydrogens is 675 g/mol. The third-order valence-electron chi connectivity index (χ3n) is 8.62. The van der Waals surface area contributed by atoms with Gasteiger partial charge >= 0.3 is 15.7 Å². The number of amidine groups is 4. The first-order valence-electron chi connectivity index (χ1n) is 14.2. The standard InChI is InChI=1S/C32H8F8N8.Al/c33-9-1-2-10(34)18-17(9)25-41-26(18)46-28-21-13(37)5-6-14(38)22(21)30(43-28)48-32-24-16(40)8-7-15(39)23(24)31(44-32)47-29-20-12(36)4-3-11(35)19(20)27(42-29)45-25;/h1-8H;/q-2;+2. The average Bonchev–Trinajstić information content (AvgIpc) is 3.79. The van der Waals surface area contributed by atoms with E-state index in [2.05, 4.69) is 30.0 Å². The third-order valence-corrected chi connectivity index (χ3v) is 10.1. The molecule has 0 fully saturated rings. The first-order valence-corrected chi connectivity index (χ1v) is 15.3. The Hall–Kier alpha value is -5.79. The normalized spacial score (nSPS) is 15.1. The van der Waals surface area contributed by atoms with Crippen LogP contribution < -0.4 is 11.0 Å². The Morgan fingerprint density at radius 2 is 0.653 bits per heavy atom. The average molecular weight is 683 g/mol. The number of halogens is 8. The van der Waals surface area contributed by atoms with Gasteiger partial charge in [0.2, 0.25) is 0 Å². The summed E-state index contributed by atoms with van der Waals surface area (Å²) in [6.07, 6.45) is 0. The lowest BCUT2D eigenvalue weighted by molar-refractivity contribution is 0.596. The number of hydrogen-bond donors (Lipinski definition) is 0. The van der Waals surface area contributed by atoms with Gasteiger partial charge in [0.1, 0.15) is 69.1 Å². The van der Waals surface area contributed by atoms with Crippen LogP contribution in [0.1, 0.15) is 22.3 Å². The van der Waals surface area contributed by atoms with Crippen molar-refractivity contribution in [1.82, 2.24) is 7.10 Å². The summed E-state index contributed by atoms with van der Waals surface area (Å²) in [5.41, 5.74) is -2.67. The first kappa shape index (κ1) is 28.2. The number of hydrogen-bond acceptors (Lipinski definition) is 6. The molecule has 6 heterocycles. The molecule has 4 aliphatic rings. The van der Waals surface area contributed by atoms with Gasteiger partial charge in [-0.25, -0.2) is 65.1 Å². The Morgan fingerprint density at radius 3 is 1.02 bits per heavy atom. The maximum atomic E-state index is 15.9. The molecule has 10 rings (SSSR count). The smallest absolute Gasteiger partial charge is 0.389 e. The first-order chi connectivity index (χ1) is 23.6. The molecule has 0 saturated carbocycles. The van der Waals surface area contributed by atoms with Gasteiger partial charge in [0.25, 0.3) is 0 Å². The van der Waals surface area contributed by atoms with E-state index in [9.17, 15) is 0 Å². The molecule has 4 aliphatic heterocycles. The second kappa shape index (κ2) is 9.43. The van der Waals surface area contributed by atoms with Gasteiger partial charge in [-0.05, 0) is 48.5 Å². The maximum absolute atomic E-state index is 15.9. The van der Waals surface area contributed by atoms with Crippen molar-refractivity contribution >= 4 is 72.2 Å². The van der Waals surface area contributed by atoms with Gasteiger partial charge in [-0.15, -0.1) is 0 Å². The third kappa shape index (κ3) is 3.57. The number of fused-ring (bicyclic) bond motifs is 14. The molecule has 2 aromatic heterocycles. The molecule has 0 atom stereocenters. The van der Waals surface area contributed by atoms with Crippen LogP contribution in [0, 0.1) is 46.5 Å². The number of aromatic nitrogens is 2. The van der Waals surface area contributed by atoms with Crippen molar-refractivity contribution in [2.24, 2.45) is 30.0 Å². The molecule has 49 heavy (non-hydrogen) atoms. The van der Waals surface area contributed by atoms with Crippen LogP contribution in [0.25, 0.3) is 21.5 Å². The van der Waals surface area contributed by atoms with E-state index < -0.39 is 152 Å². The monoisotopic (exact) mass is 683 g/mol. The Labute approximate surface area is 272 Å². The zero-order valence-electron chi connectivity index (χ0n) is 23.8. The molecule has 6 aromatic rings. The lowest BCUT2D eigenvalue weighted by atomic mass is 10.1. The highest BCUT2D eigenvalue weighted by atomic mass is 27.1. The molecule has 0 aliphatic carbocycles. The molecule has 4 aromatic carbocycles. The summed E-state index contributed by atoms with van der Waals surface area (Å²) in [5, 5.41) is -1.91. The quantitative estimate of drug-likeness (QED) is 0.148. The van der Waals surface area contributed by atoms with Crippen molar-refractivity contribution < 1.29 is 35.1 Å². The van der Waals surface area contributed by atoms with Crippen molar-refractivity contribution in [2.45, 2.75) is 0 Å². The summed E-state index contributed by atoms with van der Waals surface area (Å²) >= 11 is -1.74. The number of benzene rings is 4. The maximum Gasteiger partial charge on any atom is 0.568 e. The van der Waals surface area contributed by atoms with Crippen LogP contribution in [0.2, 0.25) is 0 Å². The van der Waals surface area contributed by atoms with Crippen LogP contribution in [-0.4, -0.2) is 46.1 Å². The zero-order chi connectivity index (χ0) is 33.6. The van der Waals surface area contributed by atoms with E-state index in [1.807, 2.05) is 0 Å². The molecule has 0 N–H and O–H groups in total. The van der Waals surface area contributed by atoms with Crippen LogP contribution in [0.4, 0.5) is 46.8 Å². The van der Waals surface area contributed by atoms with Gasteiger partial charge in [-0.1, -0.05) is 0 Å². The van der Waals surface area contributed by atoms with Crippen LogP contribution in [0.3, 0.4) is 0 Å². The minimum absolute atomic E-state index is 0.392. The van der Waals surface area contributed by atoms with Gasteiger partial charge in [0.05, 0.1) is 43.8 Å². The van der Waals surface area contributed by atoms with Gasteiger partial charge in [0, 0.05) is 0 Å². The van der Waals surface area contributed by atoms with Crippen LogP contribution in [0.15, 0.2) is 78.5 Å². The molecule has 1 radical (unpaired) electrons. The highest BCUT2D eigenvalue weighted by molar-refractivity contribution is 6.37. The minimum atomic E-state index is -1.74. The molecule has 6 bridgehead atoms. The predicted octanol–water partition coefficient (Wildman–Crippen LogP) is 5.58. The van der Waals surface area contributed by atoms with E-state index in [1.54, 1.807) is 0 Å². The van der Waals surface area contributed by atoms with Crippen molar-refractivity contribution in [1.29, 1.82) is 0 Å². The van der Waals surface area contributed by atoms with Gasteiger partial charge in [-0.3, -0.25) is 0 Å². The largest absolute Gasteiger partial charge is 0.568 e. The van der Waals surface area contributed by atoms with Crippen molar-refractivity contribution in [3.63, 3.8) is 0 Å². The van der Waals surface area contributed by atoms with Crippen LogP contribution >= 0.6 is 0 Å². The molecule has 0 spiro atoms. The summed E-state index contributed by atoms with van der Waals surface area (Å²) in [5.74, 6) is -10.7. The van der Waals surface area contributed by atoms with Gasteiger partial charge < -0.3 is 7.10 Å². The van der Waals surface area contributed by atoms with E-state index in [0.29, 0.717) is 0 Å². The lowest BCUT2D eigenvalue weighted by Crippen LogP contribution is -2.37. The van der Waals surface area contributed by atoms with E-state index in [1.165, 1.54) is 7.10 Å². The van der Waals surface area contributed by atoms with E-state index in [4.69, 9.17) is 0 Å². The summed E-state index contributed by atoms with van der Waals surface area (Å²) < 4.78 is 128. The van der Waals surface area contributed by atoms with Crippen LogP contribution in [0.5, 0.6) is 0 Å². The fourth-order valence-electron chi connectivity index (χ4n) is 6.56. The summed E-state index contributed by atoms with van der Waals surface area (Å²) in [6.45, 7) is 0. The zero-order valence-corrected chi connectivity index (χ0v) is 25.0. The van der Waals surface area contributed by atoms with Crippen molar-refractivity contribution in [2.75, 3.05) is 0 Å². The van der Waals surface area contributed by atoms with Crippen LogP contribution in [-0.2, 0) is 0 Å². The molecule has 8 nitrogen and oxygen atoms in total. The van der Waals surface area contributed by atoms with E-state index >= 15 is 35.1 Å². The summed E-state index contributed by atoms with van der Waals surface area (Å²) in [7, 11) is 0. The molecule has 0 saturated heterocycles. The summed E-state index contributed by atoms with van der Waals surface area (Å²) in [4.78, 5) is 26.1. The van der Waals surface area contributed by atoms with Gasteiger partial charge in [-0.2, -0.15) is 0 Å². The highest BCUT2D eigenvalue weighted by Crippen LogP contribution is 2.43. The fourth-order valence-corrected chi connectivity index (χ4v) is 7.98. The molecule has 17 heteroatoms. The number of rotatable bonds is 0. The van der Waals surface area contributed by atoms with Crippen molar-refractivity contribution in [3.05, 3.63) is 128 Å².